The molecule has 1 aromatic carbocycles. The molecular formula is C16H21N3O. The predicted octanol–water partition coefficient (Wildman–Crippen LogP) is 3.36. The van der Waals surface area contributed by atoms with Crippen LogP contribution in [0.2, 0.25) is 0 Å². The molecule has 0 unspecified atom stereocenters. The Morgan fingerprint density at radius 2 is 2.15 bits per heavy atom. The molecule has 0 spiro atoms. The average molecular weight is 271 g/mol. The molecule has 0 radical (unpaired) electrons. The molecule has 1 fully saturated rings. The highest BCUT2D eigenvalue weighted by Gasteiger charge is 2.25. The number of nitrogens with zero attached hydrogens (tertiary/aromatic N) is 2. The van der Waals surface area contributed by atoms with Gasteiger partial charge in [-0.15, -0.1) is 0 Å². The van der Waals surface area contributed by atoms with Gasteiger partial charge >= 0.3 is 0 Å². The molecule has 3 rings (SSSR count). The fourth-order valence-electron chi connectivity index (χ4n) is 3.19. The van der Waals surface area contributed by atoms with Crippen molar-refractivity contribution >= 4 is 16.9 Å². The smallest absolute Gasteiger partial charge is 0.254 e. The first-order valence-corrected chi connectivity index (χ1v) is 7.53. The van der Waals surface area contributed by atoms with Gasteiger partial charge in [0.2, 0.25) is 0 Å². The molecule has 1 aliphatic carbocycles. The van der Waals surface area contributed by atoms with E-state index in [9.17, 15) is 4.79 Å². The first kappa shape index (κ1) is 13.2. The average Bonchev–Trinajstić information content (AvgIpc) is 2.96. The number of fused-ring (bicyclic) bond motifs is 1. The number of hydrogen-bond donors (Lipinski definition) is 1. The minimum Gasteiger partial charge on any atom is -0.345 e. The summed E-state index contributed by atoms with van der Waals surface area (Å²) in [4.78, 5) is 22.0. The van der Waals surface area contributed by atoms with Crippen LogP contribution in [-0.4, -0.2) is 33.4 Å². The highest BCUT2D eigenvalue weighted by molar-refractivity contribution is 5.97. The number of aromatic nitrogens is 2. The first-order chi connectivity index (χ1) is 9.79. The fourth-order valence-corrected chi connectivity index (χ4v) is 3.19. The van der Waals surface area contributed by atoms with E-state index in [1.54, 1.807) is 6.33 Å². The predicted molar refractivity (Wildman–Crippen MR) is 79.7 cm³/mol. The molecule has 106 valence electrons. The Kier molecular flexibility index (Phi) is 3.72. The molecule has 4 nitrogen and oxygen atoms in total. The Morgan fingerprint density at radius 3 is 2.90 bits per heavy atom. The molecule has 0 aliphatic heterocycles. The zero-order chi connectivity index (χ0) is 13.9. The van der Waals surface area contributed by atoms with Gasteiger partial charge in [-0.2, -0.15) is 0 Å². The summed E-state index contributed by atoms with van der Waals surface area (Å²) in [5.41, 5.74) is 2.59. The van der Waals surface area contributed by atoms with Gasteiger partial charge in [0.15, 0.2) is 0 Å². The number of H-pyrrole nitrogens is 1. The van der Waals surface area contributed by atoms with Gasteiger partial charge in [0.1, 0.15) is 0 Å². The van der Waals surface area contributed by atoms with E-state index in [1.807, 2.05) is 23.1 Å². The Hall–Kier alpha value is -1.84. The largest absolute Gasteiger partial charge is 0.345 e. The number of imidazole rings is 1. The summed E-state index contributed by atoms with van der Waals surface area (Å²) in [6.07, 6.45) is 7.75. The summed E-state index contributed by atoms with van der Waals surface area (Å²) in [6, 6.07) is 6.12. The van der Waals surface area contributed by atoms with Gasteiger partial charge in [0.05, 0.1) is 17.4 Å². The number of carbonyl (C=O) groups excluding carboxylic acids is 1. The molecule has 1 aliphatic rings. The maximum Gasteiger partial charge on any atom is 0.254 e. The van der Waals surface area contributed by atoms with Gasteiger partial charge in [0, 0.05) is 18.2 Å². The van der Waals surface area contributed by atoms with Crippen molar-refractivity contribution in [3.63, 3.8) is 0 Å². The van der Waals surface area contributed by atoms with Gasteiger partial charge in [-0.1, -0.05) is 19.3 Å². The highest BCUT2D eigenvalue weighted by atomic mass is 16.2. The molecule has 0 bridgehead atoms. The van der Waals surface area contributed by atoms with Crippen molar-refractivity contribution in [3.8, 4) is 0 Å². The lowest BCUT2D eigenvalue weighted by atomic mass is 9.93. The van der Waals surface area contributed by atoms with E-state index in [-0.39, 0.29) is 5.91 Å². The number of hydrogen-bond acceptors (Lipinski definition) is 2. The molecule has 1 N–H and O–H groups in total. The van der Waals surface area contributed by atoms with Crippen molar-refractivity contribution in [3.05, 3.63) is 30.1 Å². The number of aromatic amines is 1. The van der Waals surface area contributed by atoms with E-state index in [4.69, 9.17) is 0 Å². The van der Waals surface area contributed by atoms with Crippen LogP contribution in [0.3, 0.4) is 0 Å². The van der Waals surface area contributed by atoms with Gasteiger partial charge < -0.3 is 9.88 Å². The molecule has 1 amide bonds. The Labute approximate surface area is 119 Å². The SMILES string of the molecule is CCN(C(=O)c1ccc2nc[nH]c2c1)C1CCCCC1. The molecule has 0 saturated heterocycles. The monoisotopic (exact) mass is 271 g/mol. The summed E-state index contributed by atoms with van der Waals surface area (Å²) in [5, 5.41) is 0. The molecular weight excluding hydrogens is 250 g/mol. The Bertz CT molecular complexity index is 599. The van der Waals surface area contributed by atoms with Gasteiger partial charge in [-0.05, 0) is 38.0 Å². The van der Waals surface area contributed by atoms with E-state index in [0.717, 1.165) is 36.0 Å². The second-order valence-corrected chi connectivity index (χ2v) is 5.52. The third kappa shape index (κ3) is 2.42. The van der Waals surface area contributed by atoms with Crippen LogP contribution in [0.15, 0.2) is 24.5 Å². The van der Waals surface area contributed by atoms with Gasteiger partial charge in [0.25, 0.3) is 5.91 Å². The normalized spacial score (nSPS) is 16.4. The molecule has 2 aromatic rings. The number of rotatable bonds is 3. The van der Waals surface area contributed by atoms with Gasteiger partial charge in [-0.3, -0.25) is 4.79 Å². The third-order valence-electron chi connectivity index (χ3n) is 4.28. The van der Waals surface area contributed by atoms with E-state index >= 15 is 0 Å². The zero-order valence-corrected chi connectivity index (χ0v) is 11.9. The summed E-state index contributed by atoms with van der Waals surface area (Å²) in [6.45, 7) is 2.85. The van der Waals surface area contributed by atoms with E-state index in [2.05, 4.69) is 16.9 Å². The van der Waals surface area contributed by atoms with Crippen molar-refractivity contribution < 1.29 is 4.79 Å². The molecule has 0 atom stereocenters. The quantitative estimate of drug-likeness (QED) is 0.930. The fraction of sp³-hybridized carbons (Fsp3) is 0.500. The minimum absolute atomic E-state index is 0.149. The van der Waals surface area contributed by atoms with Crippen LogP contribution in [0.1, 0.15) is 49.4 Å². The molecule has 4 heteroatoms. The second-order valence-electron chi connectivity index (χ2n) is 5.52. The molecule has 1 aromatic heterocycles. The van der Waals surface area contributed by atoms with Crippen LogP contribution < -0.4 is 0 Å². The summed E-state index contributed by atoms with van der Waals surface area (Å²) in [7, 11) is 0. The lowest BCUT2D eigenvalue weighted by molar-refractivity contribution is 0.0648. The first-order valence-electron chi connectivity index (χ1n) is 7.53. The van der Waals surface area contributed by atoms with Crippen LogP contribution >= 0.6 is 0 Å². The second kappa shape index (κ2) is 5.65. The van der Waals surface area contributed by atoms with Crippen molar-refractivity contribution in [2.24, 2.45) is 0 Å². The lowest BCUT2D eigenvalue weighted by Crippen LogP contribution is -2.41. The Balaban J connectivity index is 1.84. The van der Waals surface area contributed by atoms with Crippen LogP contribution in [0.25, 0.3) is 11.0 Å². The van der Waals surface area contributed by atoms with Crippen molar-refractivity contribution in [2.45, 2.75) is 45.1 Å². The Morgan fingerprint density at radius 1 is 1.35 bits per heavy atom. The number of carbonyl (C=O) groups is 1. The van der Waals surface area contributed by atoms with Crippen molar-refractivity contribution in [1.29, 1.82) is 0 Å². The lowest BCUT2D eigenvalue weighted by Gasteiger charge is -2.33. The summed E-state index contributed by atoms with van der Waals surface area (Å²) >= 11 is 0. The number of benzene rings is 1. The maximum absolute atomic E-state index is 12.7. The van der Waals surface area contributed by atoms with E-state index < -0.39 is 0 Å². The summed E-state index contributed by atoms with van der Waals surface area (Å²) in [5.74, 6) is 0.149. The minimum atomic E-state index is 0.149. The van der Waals surface area contributed by atoms with E-state index in [1.165, 1.54) is 19.3 Å². The summed E-state index contributed by atoms with van der Waals surface area (Å²) < 4.78 is 0. The maximum atomic E-state index is 12.7. The van der Waals surface area contributed by atoms with Crippen LogP contribution in [0.4, 0.5) is 0 Å². The van der Waals surface area contributed by atoms with Crippen LogP contribution in [0.5, 0.6) is 0 Å². The van der Waals surface area contributed by atoms with E-state index in [0.29, 0.717) is 6.04 Å². The van der Waals surface area contributed by atoms with Crippen LogP contribution in [-0.2, 0) is 0 Å². The molecule has 20 heavy (non-hydrogen) atoms. The van der Waals surface area contributed by atoms with Gasteiger partial charge in [-0.25, -0.2) is 4.98 Å². The highest BCUT2D eigenvalue weighted by Crippen LogP contribution is 2.24. The molecule has 1 heterocycles. The number of amides is 1. The molecule has 1 saturated carbocycles. The topological polar surface area (TPSA) is 49.0 Å². The van der Waals surface area contributed by atoms with Crippen LogP contribution in [0, 0.1) is 0 Å². The zero-order valence-electron chi connectivity index (χ0n) is 11.9. The van der Waals surface area contributed by atoms with Crippen molar-refractivity contribution in [2.75, 3.05) is 6.54 Å². The van der Waals surface area contributed by atoms with Crippen molar-refractivity contribution in [1.82, 2.24) is 14.9 Å². The third-order valence-corrected chi connectivity index (χ3v) is 4.28. The number of nitrogens with one attached hydrogen (secondary N) is 1. The standard InChI is InChI=1S/C16H21N3O/c1-2-19(13-6-4-3-5-7-13)16(20)12-8-9-14-15(10-12)18-11-17-14/h8-11,13H,2-7H2,1H3,(H,17,18).